The topological polar surface area (TPSA) is 95.0 Å². The number of hydrogen-bond acceptors (Lipinski definition) is 5. The zero-order chi connectivity index (χ0) is 20.2. The highest BCUT2D eigenvalue weighted by molar-refractivity contribution is 7.11. The summed E-state index contributed by atoms with van der Waals surface area (Å²) in [5.74, 6) is -3.01. The number of halogens is 1. The molecule has 2 aromatic rings. The molecule has 0 aliphatic carbocycles. The predicted octanol–water partition coefficient (Wildman–Crippen LogP) is 2.34. The average molecular weight is 419 g/mol. The first kappa shape index (κ1) is 18.6. The maximum atomic E-state index is 13.3. The van der Waals surface area contributed by atoms with E-state index in [-0.39, 0.29) is 18.5 Å². The highest BCUT2D eigenvalue weighted by Gasteiger charge is 2.63. The van der Waals surface area contributed by atoms with Gasteiger partial charge < -0.3 is 5.11 Å². The number of rotatable bonds is 4. The molecule has 0 radical (unpaired) electrons. The van der Waals surface area contributed by atoms with E-state index in [1.165, 1.54) is 29.5 Å². The van der Waals surface area contributed by atoms with Crippen LogP contribution >= 0.6 is 22.9 Å². The average Bonchev–Trinajstić information content (AvgIpc) is 3.22. The van der Waals surface area contributed by atoms with Gasteiger partial charge in [0.15, 0.2) is 5.41 Å². The van der Waals surface area contributed by atoms with Crippen LogP contribution in [-0.4, -0.2) is 40.2 Å². The first-order valence-electron chi connectivity index (χ1n) is 8.48. The van der Waals surface area contributed by atoms with Crippen LogP contribution in [0.5, 0.6) is 0 Å². The Morgan fingerprint density at radius 1 is 1.18 bits per heavy atom. The summed E-state index contributed by atoms with van der Waals surface area (Å²) in [6.45, 7) is 1.41. The Morgan fingerprint density at radius 3 is 2.54 bits per heavy atom. The maximum Gasteiger partial charge on any atom is 0.323 e. The molecule has 1 aromatic heterocycles. The number of carbonyl (C=O) groups excluding carboxylic acids is 3. The molecule has 28 heavy (non-hydrogen) atoms. The molecule has 1 spiro atoms. The number of nitrogens with zero attached hydrogens (tertiary/aromatic N) is 2. The first-order valence-corrected chi connectivity index (χ1v) is 9.67. The van der Waals surface area contributed by atoms with E-state index in [1.54, 1.807) is 0 Å². The van der Waals surface area contributed by atoms with Gasteiger partial charge in [0, 0.05) is 26.0 Å². The van der Waals surface area contributed by atoms with Crippen molar-refractivity contribution in [2.24, 2.45) is 0 Å². The molecule has 0 bridgehead atoms. The van der Waals surface area contributed by atoms with E-state index in [1.807, 2.05) is 19.1 Å². The van der Waals surface area contributed by atoms with Gasteiger partial charge in [-0.3, -0.25) is 29.0 Å². The number of aryl methyl sites for hydroxylation is 1. The molecule has 0 saturated carbocycles. The Bertz CT molecular complexity index is 1050. The van der Waals surface area contributed by atoms with Crippen LogP contribution < -0.4 is 4.90 Å². The van der Waals surface area contributed by atoms with Crippen LogP contribution in [0.15, 0.2) is 30.3 Å². The number of thiophene rings is 1. The van der Waals surface area contributed by atoms with E-state index in [9.17, 15) is 24.3 Å². The van der Waals surface area contributed by atoms with Crippen molar-refractivity contribution in [1.29, 1.82) is 0 Å². The van der Waals surface area contributed by atoms with Crippen molar-refractivity contribution in [2.45, 2.75) is 25.3 Å². The zero-order valence-corrected chi connectivity index (χ0v) is 16.3. The number of carboxylic acids is 1. The van der Waals surface area contributed by atoms with Crippen molar-refractivity contribution in [3.05, 3.63) is 50.7 Å². The van der Waals surface area contributed by atoms with Gasteiger partial charge in [0.2, 0.25) is 17.7 Å². The Hall–Kier alpha value is -2.71. The quantitative estimate of drug-likeness (QED) is 0.607. The molecule has 2 aliphatic heterocycles. The number of fused-ring (bicyclic) bond motifs is 2. The van der Waals surface area contributed by atoms with Crippen LogP contribution in [0.4, 0.5) is 5.69 Å². The van der Waals surface area contributed by atoms with E-state index in [0.717, 1.165) is 19.6 Å². The van der Waals surface area contributed by atoms with Crippen LogP contribution in [-0.2, 0) is 31.1 Å². The van der Waals surface area contributed by atoms with Crippen LogP contribution in [0.25, 0.3) is 0 Å². The second-order valence-electron chi connectivity index (χ2n) is 6.83. The Kier molecular flexibility index (Phi) is 4.28. The van der Waals surface area contributed by atoms with Crippen molar-refractivity contribution >= 4 is 52.3 Å². The molecule has 1 saturated heterocycles. The number of amides is 3. The highest BCUT2D eigenvalue weighted by atomic mass is 35.5. The third-order valence-corrected chi connectivity index (χ3v) is 6.27. The summed E-state index contributed by atoms with van der Waals surface area (Å²) in [5, 5.41) is 9.49. The monoisotopic (exact) mass is 418 g/mol. The van der Waals surface area contributed by atoms with Gasteiger partial charge in [-0.05, 0) is 37.3 Å². The Labute approximate surface area is 169 Å². The van der Waals surface area contributed by atoms with Gasteiger partial charge in [0.05, 0.1) is 13.0 Å². The normalized spacial score (nSPS) is 21.1. The summed E-state index contributed by atoms with van der Waals surface area (Å²) in [7, 11) is 0. The van der Waals surface area contributed by atoms with Crippen LogP contribution in [0.2, 0.25) is 5.02 Å². The summed E-state index contributed by atoms with van der Waals surface area (Å²) in [4.78, 5) is 54.5. The van der Waals surface area contributed by atoms with E-state index >= 15 is 0 Å². The van der Waals surface area contributed by atoms with Gasteiger partial charge in [-0.25, -0.2) is 0 Å². The van der Waals surface area contributed by atoms with Crippen molar-refractivity contribution in [3.63, 3.8) is 0 Å². The predicted molar refractivity (Wildman–Crippen MR) is 102 cm³/mol. The van der Waals surface area contributed by atoms with Gasteiger partial charge in [-0.2, -0.15) is 0 Å². The summed E-state index contributed by atoms with van der Waals surface area (Å²) >= 11 is 7.55. The second kappa shape index (κ2) is 6.42. The number of aliphatic carboxylic acids is 1. The minimum Gasteiger partial charge on any atom is -0.480 e. The molecule has 7 nitrogen and oxygen atoms in total. The number of imide groups is 1. The molecule has 1 unspecified atom stereocenters. The molecular weight excluding hydrogens is 404 g/mol. The SMILES string of the molecule is Cc1ccc(CN2C(=O)CC3(C2=O)C(=O)N(CC(=O)O)c2ccc(Cl)cc23)s1. The number of hydrogen-bond donors (Lipinski definition) is 1. The molecule has 2 aliphatic rings. The zero-order valence-electron chi connectivity index (χ0n) is 14.8. The molecule has 4 rings (SSSR count). The Balaban J connectivity index is 1.79. The van der Waals surface area contributed by atoms with Gasteiger partial charge in [0.1, 0.15) is 6.54 Å². The largest absolute Gasteiger partial charge is 0.480 e. The summed E-state index contributed by atoms with van der Waals surface area (Å²) in [6.07, 6.45) is -0.335. The lowest BCUT2D eigenvalue weighted by Crippen LogP contribution is -2.47. The van der Waals surface area contributed by atoms with E-state index < -0.39 is 35.7 Å². The van der Waals surface area contributed by atoms with Crippen LogP contribution in [0.1, 0.15) is 21.7 Å². The fourth-order valence-corrected chi connectivity index (χ4v) is 4.89. The smallest absolute Gasteiger partial charge is 0.323 e. The van der Waals surface area contributed by atoms with E-state index in [2.05, 4.69) is 0 Å². The molecular formula is C19H15ClN2O5S. The molecule has 1 fully saturated rings. The number of carboxylic acid groups (broad SMARTS) is 1. The molecule has 1 atom stereocenters. The molecule has 3 amide bonds. The fraction of sp³-hybridized carbons (Fsp3) is 0.263. The summed E-state index contributed by atoms with van der Waals surface area (Å²) < 4.78 is 0. The van der Waals surface area contributed by atoms with Gasteiger partial charge in [-0.15, -0.1) is 11.3 Å². The Morgan fingerprint density at radius 2 is 1.89 bits per heavy atom. The van der Waals surface area contributed by atoms with Gasteiger partial charge in [-0.1, -0.05) is 11.6 Å². The molecule has 1 N–H and O–H groups in total. The molecule has 1 aromatic carbocycles. The lowest BCUT2D eigenvalue weighted by molar-refractivity contribution is -0.143. The third-order valence-electron chi connectivity index (χ3n) is 5.05. The maximum absolute atomic E-state index is 13.3. The number of carbonyl (C=O) groups is 4. The van der Waals surface area contributed by atoms with E-state index in [0.29, 0.717) is 10.7 Å². The minimum atomic E-state index is -1.75. The first-order chi connectivity index (χ1) is 13.2. The van der Waals surface area contributed by atoms with Gasteiger partial charge in [0.25, 0.3) is 0 Å². The summed E-state index contributed by atoms with van der Waals surface area (Å²) in [6, 6.07) is 8.24. The van der Waals surface area contributed by atoms with Crippen molar-refractivity contribution < 1.29 is 24.3 Å². The number of likely N-dealkylation sites (tertiary alicyclic amines) is 1. The second-order valence-corrected chi connectivity index (χ2v) is 8.63. The van der Waals surface area contributed by atoms with Crippen molar-refractivity contribution in [3.8, 4) is 0 Å². The summed E-state index contributed by atoms with van der Waals surface area (Å²) in [5.41, 5.74) is -1.17. The van der Waals surface area contributed by atoms with Crippen molar-refractivity contribution in [1.82, 2.24) is 4.90 Å². The fourth-order valence-electron chi connectivity index (χ4n) is 3.84. The lowest BCUT2D eigenvalue weighted by atomic mass is 9.80. The molecule has 9 heteroatoms. The third kappa shape index (κ3) is 2.63. The lowest BCUT2D eigenvalue weighted by Gasteiger charge is -2.21. The van der Waals surface area contributed by atoms with Crippen LogP contribution in [0, 0.1) is 6.92 Å². The number of anilines is 1. The van der Waals surface area contributed by atoms with Gasteiger partial charge >= 0.3 is 5.97 Å². The number of benzene rings is 1. The molecule has 3 heterocycles. The van der Waals surface area contributed by atoms with E-state index in [4.69, 9.17) is 11.6 Å². The standard InChI is InChI=1S/C19H15ClN2O5S/c1-10-2-4-12(28-10)8-22-15(23)7-19(18(22)27)13-6-11(20)3-5-14(13)21(17(19)26)9-16(24)25/h2-6H,7-9H2,1H3,(H,24,25). The van der Waals surface area contributed by atoms with Crippen LogP contribution in [0.3, 0.4) is 0 Å². The highest BCUT2D eigenvalue weighted by Crippen LogP contribution is 2.49. The van der Waals surface area contributed by atoms with Crippen molar-refractivity contribution in [2.75, 3.05) is 11.4 Å². The molecule has 144 valence electrons. The minimum absolute atomic E-state index is 0.0834.